The quantitative estimate of drug-likeness (QED) is 0.244. The number of aliphatic hydroxyl groups is 2. The zero-order valence-corrected chi connectivity index (χ0v) is 22.6. The van der Waals surface area contributed by atoms with Gasteiger partial charge in [-0.05, 0) is 48.7 Å². The van der Waals surface area contributed by atoms with Gasteiger partial charge < -0.3 is 24.4 Å². The Morgan fingerprint density at radius 3 is 2.60 bits per heavy atom. The summed E-state index contributed by atoms with van der Waals surface area (Å²) in [5.74, 6) is -6.25. The van der Waals surface area contributed by atoms with Crippen LogP contribution in [0.5, 0.6) is 0 Å². The summed E-state index contributed by atoms with van der Waals surface area (Å²) in [6.45, 7) is 9.25. The lowest BCUT2D eigenvalue weighted by Crippen LogP contribution is -2.86. The van der Waals surface area contributed by atoms with E-state index in [1.807, 2.05) is 13.8 Å². The number of nitrogens with zero attached hydrogens (tertiary/aromatic N) is 1. The molecule has 214 valence electrons. The molecule has 4 aliphatic carbocycles. The number of esters is 2. The van der Waals surface area contributed by atoms with E-state index in [1.165, 1.54) is 25.1 Å². The van der Waals surface area contributed by atoms with E-state index in [9.17, 15) is 34.7 Å². The molecule has 2 N–H and O–H groups in total. The molecule has 40 heavy (non-hydrogen) atoms. The summed E-state index contributed by atoms with van der Waals surface area (Å²) in [5, 5.41) is 35.6. The molecule has 2 heterocycles. The molecule has 2 spiro atoms. The number of aliphatic hydroxyl groups excluding tert-OH is 1. The Morgan fingerprint density at radius 1 is 1.20 bits per heavy atom. The first-order valence-corrected chi connectivity index (χ1v) is 13.6. The number of nitro benzene ring substituents is 1. The SMILES string of the molecule is C=C1C(=O)C23[C@H](OC(=O)c4cccc([N+](=O)[O-])c4)[C@H]1CC[C@H]2C12CO[C@@]3(O)[C@@H](O)[C@@H]1C(C)(C)CC[C@@H]2OC(C)=O. The van der Waals surface area contributed by atoms with Crippen molar-refractivity contribution in [2.45, 2.75) is 70.6 Å². The second-order valence-corrected chi connectivity index (χ2v) is 12.7. The number of hydrogen-bond acceptors (Lipinski definition) is 10. The number of rotatable bonds is 4. The van der Waals surface area contributed by atoms with Gasteiger partial charge in [-0.15, -0.1) is 0 Å². The Morgan fingerprint density at radius 2 is 1.93 bits per heavy atom. The average Bonchev–Trinajstić information content (AvgIpc) is 3.01. The van der Waals surface area contributed by atoms with Crippen molar-refractivity contribution >= 4 is 23.4 Å². The topological polar surface area (TPSA) is 162 Å². The molecule has 1 aromatic rings. The van der Waals surface area contributed by atoms with Gasteiger partial charge in [0, 0.05) is 36.3 Å². The Kier molecular flexibility index (Phi) is 5.70. The highest BCUT2D eigenvalue weighted by molar-refractivity contribution is 6.05. The predicted octanol–water partition coefficient (Wildman–Crippen LogP) is 2.72. The van der Waals surface area contributed by atoms with Crippen molar-refractivity contribution in [3.63, 3.8) is 0 Å². The van der Waals surface area contributed by atoms with Crippen LogP contribution in [0.1, 0.15) is 56.8 Å². The van der Waals surface area contributed by atoms with Crippen molar-refractivity contribution < 1.29 is 43.7 Å². The molecule has 0 radical (unpaired) electrons. The highest BCUT2D eigenvalue weighted by Gasteiger charge is 2.88. The van der Waals surface area contributed by atoms with E-state index in [2.05, 4.69) is 6.58 Å². The van der Waals surface area contributed by atoms with Gasteiger partial charge in [0.15, 0.2) is 5.78 Å². The number of carbonyl (C=O) groups is 3. The van der Waals surface area contributed by atoms with Crippen molar-refractivity contribution in [1.82, 2.24) is 0 Å². The monoisotopic (exact) mass is 555 g/mol. The molecule has 2 aliphatic heterocycles. The molecule has 6 aliphatic rings. The summed E-state index contributed by atoms with van der Waals surface area (Å²) in [4.78, 5) is 50.6. The lowest BCUT2D eigenvalue weighted by atomic mass is 9.35. The first-order valence-electron chi connectivity index (χ1n) is 13.6. The highest BCUT2D eigenvalue weighted by Crippen LogP contribution is 2.77. The molecular formula is C29H33NO10. The van der Waals surface area contributed by atoms with E-state index >= 15 is 0 Å². The average molecular weight is 556 g/mol. The zero-order chi connectivity index (χ0) is 29.0. The molecule has 11 nitrogen and oxygen atoms in total. The number of benzene rings is 1. The number of carbonyl (C=O) groups excluding carboxylic acids is 3. The normalized spacial score (nSPS) is 42.5. The molecular weight excluding hydrogens is 522 g/mol. The van der Waals surface area contributed by atoms with Gasteiger partial charge in [-0.3, -0.25) is 19.7 Å². The largest absolute Gasteiger partial charge is 0.462 e. The third-order valence-corrected chi connectivity index (χ3v) is 10.7. The fraction of sp³-hybridized carbons (Fsp3) is 0.621. The maximum atomic E-state index is 14.3. The third kappa shape index (κ3) is 3.08. The van der Waals surface area contributed by atoms with Gasteiger partial charge in [0.2, 0.25) is 5.79 Å². The molecule has 0 aromatic heterocycles. The van der Waals surface area contributed by atoms with E-state index in [4.69, 9.17) is 14.2 Å². The molecule has 0 amide bonds. The number of ether oxygens (including phenoxy) is 3. The lowest BCUT2D eigenvalue weighted by molar-refractivity contribution is -0.457. The molecule has 9 atom stereocenters. The van der Waals surface area contributed by atoms with Crippen LogP contribution in [0.4, 0.5) is 5.69 Å². The van der Waals surface area contributed by atoms with E-state index < -0.39 is 80.7 Å². The number of nitro groups is 1. The smallest absolute Gasteiger partial charge is 0.338 e. The molecule has 4 saturated carbocycles. The highest BCUT2D eigenvalue weighted by atomic mass is 16.7. The van der Waals surface area contributed by atoms with Crippen molar-refractivity contribution in [2.75, 3.05) is 6.61 Å². The van der Waals surface area contributed by atoms with Gasteiger partial charge in [-0.25, -0.2) is 4.79 Å². The van der Waals surface area contributed by atoms with Gasteiger partial charge in [-0.2, -0.15) is 0 Å². The van der Waals surface area contributed by atoms with Gasteiger partial charge in [0.05, 0.1) is 17.1 Å². The van der Waals surface area contributed by atoms with E-state index in [-0.39, 0.29) is 23.4 Å². The number of non-ortho nitro benzene ring substituents is 1. The van der Waals surface area contributed by atoms with Gasteiger partial charge in [-0.1, -0.05) is 26.5 Å². The summed E-state index contributed by atoms with van der Waals surface area (Å²) < 4.78 is 18.0. The fourth-order valence-electron chi connectivity index (χ4n) is 9.31. The van der Waals surface area contributed by atoms with E-state index in [0.717, 1.165) is 6.07 Å². The van der Waals surface area contributed by atoms with Crippen molar-refractivity contribution in [3.8, 4) is 0 Å². The van der Waals surface area contributed by atoms with E-state index in [1.54, 1.807) is 0 Å². The maximum Gasteiger partial charge on any atom is 0.338 e. The summed E-state index contributed by atoms with van der Waals surface area (Å²) in [5.41, 5.74) is -3.67. The second kappa shape index (κ2) is 8.43. The van der Waals surface area contributed by atoms with E-state index in [0.29, 0.717) is 25.7 Å². The number of ketones is 1. The summed E-state index contributed by atoms with van der Waals surface area (Å²) >= 11 is 0. The van der Waals surface area contributed by atoms with Crippen molar-refractivity contribution in [2.24, 2.45) is 34.0 Å². The Hall–Kier alpha value is -3.15. The van der Waals surface area contributed by atoms with Gasteiger partial charge in [0.25, 0.3) is 5.69 Å². The summed E-state index contributed by atoms with van der Waals surface area (Å²) in [6.07, 6.45) is -1.58. The predicted molar refractivity (Wildman–Crippen MR) is 136 cm³/mol. The third-order valence-electron chi connectivity index (χ3n) is 10.7. The fourth-order valence-corrected chi connectivity index (χ4v) is 9.31. The van der Waals surface area contributed by atoms with Crippen LogP contribution in [0.15, 0.2) is 36.4 Å². The Bertz CT molecular complexity index is 1360. The van der Waals surface area contributed by atoms with Crippen LogP contribution >= 0.6 is 0 Å². The molecule has 2 saturated heterocycles. The second-order valence-electron chi connectivity index (χ2n) is 12.7. The number of hydrogen-bond donors (Lipinski definition) is 2. The minimum Gasteiger partial charge on any atom is -0.462 e. The molecule has 6 fully saturated rings. The van der Waals surface area contributed by atoms with Gasteiger partial charge in [0.1, 0.15) is 23.7 Å². The number of Topliss-reactive ketones (excluding diaryl/α,β-unsaturated/α-hetero) is 1. The first kappa shape index (κ1) is 27.0. The minimum atomic E-state index is -2.40. The Balaban J connectivity index is 1.52. The lowest BCUT2D eigenvalue weighted by Gasteiger charge is -2.74. The standard InChI is InChI=1S/C29H33NO10/c1-14-18-8-9-19-27-13-38-29(35,23(33)21(27)26(3,4)11-10-20(27)39-15(2)31)28(19,22(14)32)24(18)40-25(34)16-6-5-7-17(12-16)30(36)37/h5-7,12,18-21,23-24,33,35H,1,8-11,13H2,2-4H3/t18-,19-,20-,21+,23-,24+,27?,28?,29-/m0/s1. The van der Waals surface area contributed by atoms with Crippen LogP contribution in [0, 0.1) is 44.1 Å². The van der Waals surface area contributed by atoms with Crippen LogP contribution in [0.2, 0.25) is 0 Å². The molecule has 4 bridgehead atoms. The number of fused-ring (bicyclic) bond motifs is 2. The molecule has 11 heteroatoms. The Labute approximate surface area is 230 Å². The van der Waals surface area contributed by atoms with Gasteiger partial charge >= 0.3 is 11.9 Å². The van der Waals surface area contributed by atoms with Crippen LogP contribution < -0.4 is 0 Å². The first-order chi connectivity index (χ1) is 18.7. The van der Waals surface area contributed by atoms with Crippen LogP contribution in [0.3, 0.4) is 0 Å². The molecule has 7 rings (SSSR count). The molecule has 2 unspecified atom stereocenters. The zero-order valence-electron chi connectivity index (χ0n) is 22.6. The van der Waals surface area contributed by atoms with Crippen LogP contribution in [0.25, 0.3) is 0 Å². The van der Waals surface area contributed by atoms with Crippen molar-refractivity contribution in [3.05, 3.63) is 52.1 Å². The summed E-state index contributed by atoms with van der Waals surface area (Å²) in [7, 11) is 0. The van der Waals surface area contributed by atoms with Crippen LogP contribution in [-0.2, 0) is 23.8 Å². The van der Waals surface area contributed by atoms with Crippen LogP contribution in [-0.4, -0.2) is 63.6 Å². The minimum absolute atomic E-state index is 0.0466. The summed E-state index contributed by atoms with van der Waals surface area (Å²) in [6, 6.07) is 5.05. The maximum absolute atomic E-state index is 14.3. The van der Waals surface area contributed by atoms with Crippen molar-refractivity contribution in [1.29, 1.82) is 0 Å². The molecule has 1 aromatic carbocycles.